The zero-order valence-corrected chi connectivity index (χ0v) is 18.3. The van der Waals surface area contributed by atoms with Crippen molar-refractivity contribution in [2.24, 2.45) is 0 Å². The van der Waals surface area contributed by atoms with E-state index in [1.807, 2.05) is 38.1 Å². The molecular formula is C24H30N2O5. The largest absolute Gasteiger partial charge is 0.495 e. The SMILES string of the molecule is CCc1cccc(CC)c1NC(=O)COC(=O)CCCC(=O)Nc1ccccc1OC. The summed E-state index contributed by atoms with van der Waals surface area (Å²) in [6.45, 7) is 3.69. The van der Waals surface area contributed by atoms with Crippen molar-refractivity contribution in [2.45, 2.75) is 46.0 Å². The number of anilines is 2. The first-order chi connectivity index (χ1) is 15.0. The Labute approximate surface area is 183 Å². The van der Waals surface area contributed by atoms with Gasteiger partial charge in [-0.05, 0) is 42.5 Å². The minimum atomic E-state index is -0.514. The Kier molecular flexibility index (Phi) is 9.55. The normalized spacial score (nSPS) is 10.3. The maximum absolute atomic E-state index is 12.2. The van der Waals surface area contributed by atoms with Gasteiger partial charge >= 0.3 is 5.97 Å². The maximum Gasteiger partial charge on any atom is 0.306 e. The summed E-state index contributed by atoms with van der Waals surface area (Å²) in [5, 5.41) is 5.61. The first-order valence-corrected chi connectivity index (χ1v) is 10.5. The van der Waals surface area contributed by atoms with Crippen molar-refractivity contribution in [2.75, 3.05) is 24.4 Å². The van der Waals surface area contributed by atoms with Gasteiger partial charge in [0, 0.05) is 18.5 Å². The zero-order valence-electron chi connectivity index (χ0n) is 18.3. The number of nitrogens with one attached hydrogen (secondary N) is 2. The molecule has 0 atom stereocenters. The van der Waals surface area contributed by atoms with Gasteiger partial charge in [-0.25, -0.2) is 0 Å². The van der Waals surface area contributed by atoms with Gasteiger partial charge in [0.2, 0.25) is 5.91 Å². The predicted molar refractivity (Wildman–Crippen MR) is 120 cm³/mol. The lowest BCUT2D eigenvalue weighted by Gasteiger charge is -2.14. The molecule has 2 aromatic carbocycles. The number of amides is 2. The summed E-state index contributed by atoms with van der Waals surface area (Å²) in [7, 11) is 1.53. The molecule has 0 aromatic heterocycles. The van der Waals surface area contributed by atoms with Crippen LogP contribution in [0, 0.1) is 0 Å². The van der Waals surface area contributed by atoms with Gasteiger partial charge in [0.1, 0.15) is 5.75 Å². The summed E-state index contributed by atoms with van der Waals surface area (Å²) < 4.78 is 10.2. The molecule has 0 spiro atoms. The second kappa shape index (κ2) is 12.4. The monoisotopic (exact) mass is 426 g/mol. The molecule has 31 heavy (non-hydrogen) atoms. The van der Waals surface area contributed by atoms with Crippen molar-refractivity contribution in [3.8, 4) is 5.75 Å². The summed E-state index contributed by atoms with van der Waals surface area (Å²) in [6.07, 6.45) is 2.11. The van der Waals surface area contributed by atoms with Crippen LogP contribution >= 0.6 is 0 Å². The molecule has 0 aliphatic heterocycles. The van der Waals surface area contributed by atoms with Gasteiger partial charge < -0.3 is 20.1 Å². The molecule has 0 unspecified atom stereocenters. The number of benzene rings is 2. The average molecular weight is 427 g/mol. The molecule has 0 saturated heterocycles. The van der Waals surface area contributed by atoms with Crippen LogP contribution in [0.25, 0.3) is 0 Å². The van der Waals surface area contributed by atoms with Crippen molar-refractivity contribution in [3.63, 3.8) is 0 Å². The fourth-order valence-electron chi connectivity index (χ4n) is 3.15. The third-order valence-electron chi connectivity index (χ3n) is 4.79. The molecule has 0 radical (unpaired) electrons. The van der Waals surface area contributed by atoms with E-state index in [9.17, 15) is 14.4 Å². The second-order valence-corrected chi connectivity index (χ2v) is 6.97. The van der Waals surface area contributed by atoms with E-state index >= 15 is 0 Å². The third-order valence-corrected chi connectivity index (χ3v) is 4.79. The summed E-state index contributed by atoms with van der Waals surface area (Å²) >= 11 is 0. The highest BCUT2D eigenvalue weighted by Gasteiger charge is 2.13. The molecule has 0 aliphatic carbocycles. The fourth-order valence-corrected chi connectivity index (χ4v) is 3.15. The highest BCUT2D eigenvalue weighted by Crippen LogP contribution is 2.24. The Morgan fingerprint density at radius 3 is 2.16 bits per heavy atom. The molecular weight excluding hydrogens is 396 g/mol. The molecule has 2 N–H and O–H groups in total. The molecule has 2 amide bonds. The topological polar surface area (TPSA) is 93.7 Å². The van der Waals surface area contributed by atoms with Crippen molar-refractivity contribution in [3.05, 3.63) is 53.6 Å². The molecule has 0 heterocycles. The van der Waals surface area contributed by atoms with Crippen LogP contribution in [0.5, 0.6) is 5.75 Å². The standard InChI is InChI=1S/C24H30N2O5/c1-4-17-10-8-11-18(5-2)24(17)26-22(28)16-31-23(29)15-9-14-21(27)25-19-12-6-7-13-20(19)30-3/h6-8,10-13H,4-5,9,14-16H2,1-3H3,(H,25,27)(H,26,28). The van der Waals surface area contributed by atoms with Crippen LogP contribution < -0.4 is 15.4 Å². The van der Waals surface area contributed by atoms with Gasteiger partial charge in [-0.3, -0.25) is 14.4 Å². The molecule has 0 fully saturated rings. The minimum Gasteiger partial charge on any atom is -0.495 e. The summed E-state index contributed by atoms with van der Waals surface area (Å²) in [6, 6.07) is 13.0. The lowest BCUT2D eigenvalue weighted by atomic mass is 10.0. The summed E-state index contributed by atoms with van der Waals surface area (Å²) in [4.78, 5) is 36.2. The van der Waals surface area contributed by atoms with E-state index in [-0.39, 0.29) is 31.3 Å². The zero-order chi connectivity index (χ0) is 22.6. The van der Waals surface area contributed by atoms with Crippen molar-refractivity contribution in [1.29, 1.82) is 0 Å². The lowest BCUT2D eigenvalue weighted by Crippen LogP contribution is -2.22. The van der Waals surface area contributed by atoms with E-state index in [1.165, 1.54) is 7.11 Å². The molecule has 2 aromatic rings. The van der Waals surface area contributed by atoms with E-state index in [2.05, 4.69) is 10.6 Å². The van der Waals surface area contributed by atoms with Gasteiger partial charge in [-0.15, -0.1) is 0 Å². The smallest absolute Gasteiger partial charge is 0.306 e. The second-order valence-electron chi connectivity index (χ2n) is 6.97. The number of methoxy groups -OCH3 is 1. The highest BCUT2D eigenvalue weighted by molar-refractivity contribution is 5.94. The van der Waals surface area contributed by atoms with Gasteiger partial charge in [0.25, 0.3) is 5.91 Å². The van der Waals surface area contributed by atoms with Crippen LogP contribution in [-0.2, 0) is 32.0 Å². The number of aryl methyl sites for hydroxylation is 2. The van der Waals surface area contributed by atoms with E-state index in [1.54, 1.807) is 18.2 Å². The maximum atomic E-state index is 12.2. The third kappa shape index (κ3) is 7.44. The predicted octanol–water partition coefficient (Wildman–Crippen LogP) is 4.11. The number of esters is 1. The molecule has 0 aliphatic rings. The summed E-state index contributed by atoms with van der Waals surface area (Å²) in [5.41, 5.74) is 3.45. The van der Waals surface area contributed by atoms with Gasteiger partial charge in [-0.1, -0.05) is 44.2 Å². The molecule has 0 bridgehead atoms. The van der Waals surface area contributed by atoms with Crippen LogP contribution in [0.1, 0.15) is 44.2 Å². The highest BCUT2D eigenvalue weighted by atomic mass is 16.5. The number of hydrogen-bond acceptors (Lipinski definition) is 5. The van der Waals surface area contributed by atoms with E-state index < -0.39 is 5.97 Å². The number of para-hydroxylation sites is 3. The Balaban J connectivity index is 1.73. The van der Waals surface area contributed by atoms with Gasteiger partial charge in [-0.2, -0.15) is 0 Å². The first-order valence-electron chi connectivity index (χ1n) is 10.5. The first kappa shape index (κ1) is 23.9. The van der Waals surface area contributed by atoms with E-state index in [0.717, 1.165) is 29.7 Å². The Morgan fingerprint density at radius 2 is 1.52 bits per heavy atom. The van der Waals surface area contributed by atoms with E-state index in [4.69, 9.17) is 9.47 Å². The number of carbonyl (C=O) groups excluding carboxylic acids is 3. The van der Waals surface area contributed by atoms with Crippen molar-refractivity contribution < 1.29 is 23.9 Å². The Bertz CT molecular complexity index is 888. The van der Waals surface area contributed by atoms with Crippen molar-refractivity contribution in [1.82, 2.24) is 0 Å². The van der Waals surface area contributed by atoms with Crippen LogP contribution in [0.2, 0.25) is 0 Å². The average Bonchev–Trinajstić information content (AvgIpc) is 2.78. The molecule has 2 rings (SSSR count). The number of hydrogen-bond donors (Lipinski definition) is 2. The molecule has 7 nitrogen and oxygen atoms in total. The molecule has 7 heteroatoms. The van der Waals surface area contributed by atoms with Crippen molar-refractivity contribution >= 4 is 29.2 Å². The fraction of sp³-hybridized carbons (Fsp3) is 0.375. The van der Waals surface area contributed by atoms with Gasteiger partial charge in [0.15, 0.2) is 6.61 Å². The molecule has 166 valence electrons. The summed E-state index contributed by atoms with van der Waals surface area (Å²) in [5.74, 6) is -0.548. The number of rotatable bonds is 11. The van der Waals surface area contributed by atoms with Crippen LogP contribution in [-0.4, -0.2) is 31.5 Å². The quantitative estimate of drug-likeness (QED) is 0.528. The van der Waals surface area contributed by atoms with E-state index in [0.29, 0.717) is 17.9 Å². The van der Waals surface area contributed by atoms with Crippen LogP contribution in [0.4, 0.5) is 11.4 Å². The number of ether oxygens (including phenoxy) is 2. The van der Waals surface area contributed by atoms with Gasteiger partial charge in [0.05, 0.1) is 12.8 Å². The van der Waals surface area contributed by atoms with Crippen LogP contribution in [0.3, 0.4) is 0 Å². The Hall–Kier alpha value is -3.35. The minimum absolute atomic E-state index is 0.0539. The van der Waals surface area contributed by atoms with Crippen LogP contribution in [0.15, 0.2) is 42.5 Å². The Morgan fingerprint density at radius 1 is 0.839 bits per heavy atom. The molecule has 0 saturated carbocycles. The number of carbonyl (C=O) groups is 3. The lowest BCUT2D eigenvalue weighted by molar-refractivity contribution is -0.147.